The molecule has 4 aromatic rings. The molecule has 3 heterocycles. The zero-order valence-corrected chi connectivity index (χ0v) is 16.7. The lowest BCUT2D eigenvalue weighted by Gasteiger charge is -2.10. The third kappa shape index (κ3) is 4.91. The van der Waals surface area contributed by atoms with Gasteiger partial charge in [-0.3, -0.25) is 0 Å². The number of guanidine groups is 1. The highest BCUT2D eigenvalue weighted by atomic mass is 16.3. The first kappa shape index (κ1) is 19.4. The van der Waals surface area contributed by atoms with Crippen LogP contribution in [0.3, 0.4) is 0 Å². The van der Waals surface area contributed by atoms with Gasteiger partial charge < -0.3 is 15.1 Å². The smallest absolute Gasteiger partial charge is 0.226 e. The molecule has 0 radical (unpaired) electrons. The van der Waals surface area contributed by atoms with E-state index >= 15 is 0 Å². The first-order chi connectivity index (χ1) is 14.8. The van der Waals surface area contributed by atoms with Crippen LogP contribution in [0.1, 0.15) is 18.2 Å². The van der Waals surface area contributed by atoms with Crippen molar-refractivity contribution in [2.75, 3.05) is 6.54 Å². The molecule has 30 heavy (non-hydrogen) atoms. The number of rotatable bonds is 7. The van der Waals surface area contributed by atoms with Crippen LogP contribution in [0, 0.1) is 0 Å². The summed E-state index contributed by atoms with van der Waals surface area (Å²) in [6, 6.07) is 15.6. The molecule has 0 unspecified atom stereocenters. The lowest BCUT2D eigenvalue weighted by molar-refractivity contribution is 0.572. The molecule has 1 aromatic carbocycles. The summed E-state index contributed by atoms with van der Waals surface area (Å²) >= 11 is 0. The quantitative estimate of drug-likeness (QED) is 0.365. The van der Waals surface area contributed by atoms with Crippen LogP contribution in [-0.2, 0) is 13.1 Å². The summed E-state index contributed by atoms with van der Waals surface area (Å²) in [6.07, 6.45) is 7.02. The third-order valence-corrected chi connectivity index (χ3v) is 4.32. The lowest BCUT2D eigenvalue weighted by atomic mass is 10.2. The van der Waals surface area contributed by atoms with Crippen molar-refractivity contribution < 1.29 is 4.42 Å². The fourth-order valence-electron chi connectivity index (χ4n) is 2.88. The monoisotopic (exact) mass is 401 g/mol. The summed E-state index contributed by atoms with van der Waals surface area (Å²) < 4.78 is 7.32. The predicted molar refractivity (Wildman–Crippen MR) is 115 cm³/mol. The van der Waals surface area contributed by atoms with Gasteiger partial charge in [-0.25, -0.2) is 19.6 Å². The molecule has 0 saturated carbocycles. The Morgan fingerprint density at radius 2 is 2.00 bits per heavy atom. The summed E-state index contributed by atoms with van der Waals surface area (Å²) in [7, 11) is 0. The molecule has 8 nitrogen and oxygen atoms in total. The number of benzene rings is 1. The minimum Gasteiger partial charge on any atom is -0.444 e. The van der Waals surface area contributed by atoms with Gasteiger partial charge in [-0.1, -0.05) is 18.2 Å². The van der Waals surface area contributed by atoms with E-state index in [-0.39, 0.29) is 0 Å². The second kappa shape index (κ2) is 9.51. The summed E-state index contributed by atoms with van der Waals surface area (Å²) in [6.45, 7) is 3.81. The van der Waals surface area contributed by atoms with Crippen LogP contribution in [0.25, 0.3) is 17.3 Å². The summed E-state index contributed by atoms with van der Waals surface area (Å²) in [5.41, 5.74) is 2.81. The van der Waals surface area contributed by atoms with Crippen LogP contribution in [-0.4, -0.2) is 32.3 Å². The Morgan fingerprint density at radius 1 is 1.10 bits per heavy atom. The van der Waals surface area contributed by atoms with E-state index in [4.69, 9.17) is 4.42 Å². The summed E-state index contributed by atoms with van der Waals surface area (Å²) in [4.78, 5) is 13.6. The van der Waals surface area contributed by atoms with Gasteiger partial charge in [0, 0.05) is 30.7 Å². The standard InChI is InChI=1S/C22H23N7O/c1-2-23-22(25-14-17-9-11-24-20(13-17)29-12-6-10-27-29)26-15-19-16-30-21(28-19)18-7-4-3-5-8-18/h3-13,16H,2,14-15H2,1H3,(H2,23,25,26). The molecule has 3 aromatic heterocycles. The lowest BCUT2D eigenvalue weighted by Crippen LogP contribution is -2.36. The zero-order chi connectivity index (χ0) is 20.6. The van der Waals surface area contributed by atoms with E-state index in [0.29, 0.717) is 24.9 Å². The van der Waals surface area contributed by atoms with Gasteiger partial charge in [-0.05, 0) is 42.8 Å². The van der Waals surface area contributed by atoms with Gasteiger partial charge in [0.05, 0.1) is 18.8 Å². The molecule has 0 spiro atoms. The van der Waals surface area contributed by atoms with Crippen molar-refractivity contribution >= 4 is 5.96 Å². The molecule has 8 heteroatoms. The second-order valence-corrected chi connectivity index (χ2v) is 6.53. The van der Waals surface area contributed by atoms with E-state index in [1.54, 1.807) is 23.3 Å². The Balaban J connectivity index is 1.40. The fourth-order valence-corrected chi connectivity index (χ4v) is 2.88. The third-order valence-electron chi connectivity index (χ3n) is 4.32. The summed E-state index contributed by atoms with van der Waals surface area (Å²) in [5, 5.41) is 10.8. The maximum Gasteiger partial charge on any atom is 0.226 e. The van der Waals surface area contributed by atoms with E-state index in [1.165, 1.54) is 0 Å². The van der Waals surface area contributed by atoms with Crippen LogP contribution < -0.4 is 10.6 Å². The molecular weight excluding hydrogens is 378 g/mol. The van der Waals surface area contributed by atoms with Crippen molar-refractivity contribution in [2.24, 2.45) is 4.99 Å². The number of pyridine rings is 1. The molecule has 0 fully saturated rings. The number of aromatic nitrogens is 4. The van der Waals surface area contributed by atoms with Gasteiger partial charge in [-0.15, -0.1) is 0 Å². The average Bonchev–Trinajstić information content (AvgIpc) is 3.49. The van der Waals surface area contributed by atoms with Gasteiger partial charge >= 0.3 is 0 Å². The molecule has 152 valence electrons. The van der Waals surface area contributed by atoms with Crippen molar-refractivity contribution in [1.82, 2.24) is 30.4 Å². The molecule has 0 amide bonds. The highest BCUT2D eigenvalue weighted by Gasteiger charge is 2.07. The van der Waals surface area contributed by atoms with Crippen molar-refractivity contribution in [1.29, 1.82) is 0 Å². The fraction of sp³-hybridized carbons (Fsp3) is 0.182. The summed E-state index contributed by atoms with van der Waals surface area (Å²) in [5.74, 6) is 2.08. The van der Waals surface area contributed by atoms with Crippen LogP contribution in [0.2, 0.25) is 0 Å². The predicted octanol–water partition coefficient (Wildman–Crippen LogP) is 3.18. The number of aliphatic imine (C=N–C) groups is 1. The molecule has 0 saturated heterocycles. The normalized spacial score (nSPS) is 11.4. The maximum atomic E-state index is 5.59. The minimum atomic E-state index is 0.511. The molecule has 0 aliphatic carbocycles. The van der Waals surface area contributed by atoms with Gasteiger partial charge in [0.25, 0.3) is 0 Å². The van der Waals surface area contributed by atoms with E-state index < -0.39 is 0 Å². The van der Waals surface area contributed by atoms with Gasteiger partial charge in [0.1, 0.15) is 6.26 Å². The Bertz CT molecular complexity index is 1090. The van der Waals surface area contributed by atoms with Crippen molar-refractivity contribution in [3.05, 3.63) is 84.6 Å². The van der Waals surface area contributed by atoms with E-state index in [0.717, 1.165) is 29.2 Å². The first-order valence-electron chi connectivity index (χ1n) is 9.79. The molecule has 0 bridgehead atoms. The molecule has 2 N–H and O–H groups in total. The first-order valence-corrected chi connectivity index (χ1v) is 9.79. The van der Waals surface area contributed by atoms with E-state index in [9.17, 15) is 0 Å². The SMILES string of the molecule is CCNC(=NCc1ccnc(-n2cccn2)c1)NCc1coc(-c2ccccc2)n1. The molecule has 0 aliphatic heterocycles. The Morgan fingerprint density at radius 3 is 2.80 bits per heavy atom. The Hall–Kier alpha value is -3.94. The van der Waals surface area contributed by atoms with Crippen molar-refractivity contribution in [3.8, 4) is 17.3 Å². The minimum absolute atomic E-state index is 0.511. The number of hydrogen-bond donors (Lipinski definition) is 2. The van der Waals surface area contributed by atoms with E-state index in [2.05, 4.69) is 30.7 Å². The molecule has 0 atom stereocenters. The van der Waals surface area contributed by atoms with Crippen LogP contribution in [0.15, 0.2) is 82.8 Å². The topological polar surface area (TPSA) is 93.2 Å². The average molecular weight is 401 g/mol. The van der Waals surface area contributed by atoms with Gasteiger partial charge in [0.15, 0.2) is 11.8 Å². The van der Waals surface area contributed by atoms with Crippen molar-refractivity contribution in [3.63, 3.8) is 0 Å². The molecular formula is C22H23N7O. The number of hydrogen-bond acceptors (Lipinski definition) is 5. The van der Waals surface area contributed by atoms with Crippen LogP contribution in [0.4, 0.5) is 0 Å². The van der Waals surface area contributed by atoms with Crippen LogP contribution >= 0.6 is 0 Å². The zero-order valence-electron chi connectivity index (χ0n) is 16.7. The Kier molecular flexibility index (Phi) is 6.14. The molecule has 0 aliphatic rings. The largest absolute Gasteiger partial charge is 0.444 e. The van der Waals surface area contributed by atoms with Gasteiger partial charge in [-0.2, -0.15) is 5.10 Å². The highest BCUT2D eigenvalue weighted by Crippen LogP contribution is 2.17. The number of nitrogens with zero attached hydrogens (tertiary/aromatic N) is 5. The van der Waals surface area contributed by atoms with Crippen LogP contribution in [0.5, 0.6) is 0 Å². The number of oxazole rings is 1. The second-order valence-electron chi connectivity index (χ2n) is 6.53. The number of nitrogens with one attached hydrogen (secondary N) is 2. The Labute approximate surface area is 174 Å². The van der Waals surface area contributed by atoms with E-state index in [1.807, 2.05) is 61.7 Å². The van der Waals surface area contributed by atoms with Crippen molar-refractivity contribution in [2.45, 2.75) is 20.0 Å². The van der Waals surface area contributed by atoms with Gasteiger partial charge in [0.2, 0.25) is 5.89 Å². The highest BCUT2D eigenvalue weighted by molar-refractivity contribution is 5.79. The maximum absolute atomic E-state index is 5.59. The molecule has 4 rings (SSSR count).